The molecule has 0 radical (unpaired) electrons. The largest absolute Gasteiger partial charge is 0.493 e. The topological polar surface area (TPSA) is 105 Å². The van der Waals surface area contributed by atoms with Gasteiger partial charge < -0.3 is 19.7 Å². The number of carbonyl (C=O) groups excluding carboxylic acids is 4. The molecular weight excluding hydrogens is 489 g/mol. The van der Waals surface area contributed by atoms with Crippen molar-refractivity contribution in [2.75, 3.05) is 38.7 Å². The maximum absolute atomic E-state index is 13.0. The van der Waals surface area contributed by atoms with Gasteiger partial charge in [-0.3, -0.25) is 24.1 Å². The number of nitrogens with one attached hydrogen (secondary N) is 1. The zero-order chi connectivity index (χ0) is 25.7. The number of anilines is 1. The smallest absolute Gasteiger partial charge is 0.294 e. The molecule has 0 bridgehead atoms. The van der Waals surface area contributed by atoms with Gasteiger partial charge in [-0.1, -0.05) is 6.07 Å². The zero-order valence-electron chi connectivity index (χ0n) is 19.5. The van der Waals surface area contributed by atoms with Crippen LogP contribution in [0.5, 0.6) is 11.5 Å². The molecule has 2 fully saturated rings. The summed E-state index contributed by atoms with van der Waals surface area (Å²) in [7, 11) is 1.43. The molecule has 2 aliphatic rings. The van der Waals surface area contributed by atoms with Crippen molar-refractivity contribution in [1.29, 1.82) is 0 Å². The van der Waals surface area contributed by atoms with E-state index in [1.807, 2.05) is 0 Å². The monoisotopic (exact) mass is 513 g/mol. The van der Waals surface area contributed by atoms with E-state index in [4.69, 9.17) is 9.47 Å². The second kappa shape index (κ2) is 11.3. The second-order valence-electron chi connectivity index (χ2n) is 8.11. The van der Waals surface area contributed by atoms with E-state index < -0.39 is 22.9 Å². The maximum atomic E-state index is 13.0. The fraction of sp³-hybridized carbons (Fsp3) is 0.280. The van der Waals surface area contributed by atoms with Crippen molar-refractivity contribution in [2.45, 2.75) is 12.8 Å². The number of amides is 4. The minimum atomic E-state index is -0.519. The molecule has 11 heteroatoms. The second-order valence-corrected chi connectivity index (χ2v) is 9.10. The van der Waals surface area contributed by atoms with Gasteiger partial charge in [0.1, 0.15) is 12.4 Å². The Labute approximate surface area is 211 Å². The van der Waals surface area contributed by atoms with Crippen molar-refractivity contribution in [3.8, 4) is 11.5 Å². The number of likely N-dealkylation sites (tertiary alicyclic amines) is 1. The molecule has 0 aliphatic carbocycles. The van der Waals surface area contributed by atoms with Gasteiger partial charge in [-0.05, 0) is 72.6 Å². The maximum Gasteiger partial charge on any atom is 0.294 e. The minimum absolute atomic E-state index is 0.198. The van der Waals surface area contributed by atoms with E-state index in [0.717, 1.165) is 29.5 Å². The first-order chi connectivity index (χ1) is 17.3. The van der Waals surface area contributed by atoms with Gasteiger partial charge in [-0.15, -0.1) is 0 Å². The van der Waals surface area contributed by atoms with Gasteiger partial charge in [-0.25, -0.2) is 4.39 Å². The number of thioether (sulfide) groups is 1. The summed E-state index contributed by atoms with van der Waals surface area (Å²) in [5.74, 6) is -0.980. The first-order valence-electron chi connectivity index (χ1n) is 11.2. The lowest BCUT2D eigenvalue weighted by molar-refractivity contribution is -0.135. The summed E-state index contributed by atoms with van der Waals surface area (Å²) in [4.78, 5) is 52.5. The molecule has 9 nitrogen and oxygen atoms in total. The summed E-state index contributed by atoms with van der Waals surface area (Å²) in [5, 5.41) is 2.11. The minimum Gasteiger partial charge on any atom is -0.493 e. The standard InChI is InChI=1S/C25H24FN3O6S/c1-34-20-12-16(4-9-19(20)35-15-22(30)27-18-7-5-17(26)6-8-18)13-21-24(32)29(25(33)36-21)14-23(31)28-10-2-3-11-28/h4-9,12-13H,2-3,10-11,14-15H2,1H3,(H,27,30)/b21-13+. The van der Waals surface area contributed by atoms with Crippen LogP contribution >= 0.6 is 11.8 Å². The molecule has 1 N–H and O–H groups in total. The number of hydrogen-bond acceptors (Lipinski definition) is 7. The third-order valence-corrected chi connectivity index (χ3v) is 6.51. The molecule has 0 spiro atoms. The quantitative estimate of drug-likeness (QED) is 0.539. The molecule has 4 rings (SSSR count). The van der Waals surface area contributed by atoms with E-state index >= 15 is 0 Å². The van der Waals surface area contributed by atoms with E-state index in [1.54, 1.807) is 29.2 Å². The number of halogens is 1. The van der Waals surface area contributed by atoms with Gasteiger partial charge in [0.15, 0.2) is 18.1 Å². The Bertz CT molecular complexity index is 1210. The zero-order valence-corrected chi connectivity index (χ0v) is 20.3. The van der Waals surface area contributed by atoms with Crippen LogP contribution in [0.15, 0.2) is 47.4 Å². The normalized spacial score (nSPS) is 16.6. The van der Waals surface area contributed by atoms with Gasteiger partial charge in [0.2, 0.25) is 5.91 Å². The van der Waals surface area contributed by atoms with Gasteiger partial charge in [0, 0.05) is 18.8 Å². The molecule has 4 amide bonds. The number of benzene rings is 2. The molecule has 0 unspecified atom stereocenters. The van der Waals surface area contributed by atoms with Crippen molar-refractivity contribution in [3.05, 3.63) is 58.8 Å². The van der Waals surface area contributed by atoms with Crippen molar-refractivity contribution >= 4 is 46.5 Å². The third kappa shape index (κ3) is 6.03. The predicted molar refractivity (Wildman–Crippen MR) is 132 cm³/mol. The van der Waals surface area contributed by atoms with Crippen molar-refractivity contribution in [2.24, 2.45) is 0 Å². The fourth-order valence-electron chi connectivity index (χ4n) is 3.76. The Kier molecular flexibility index (Phi) is 7.89. The molecule has 2 aromatic carbocycles. The van der Waals surface area contributed by atoms with Crippen molar-refractivity contribution in [3.63, 3.8) is 0 Å². The van der Waals surface area contributed by atoms with Crippen LogP contribution in [0.4, 0.5) is 14.9 Å². The number of carbonyl (C=O) groups is 4. The molecule has 2 aliphatic heterocycles. The Hall–Kier alpha value is -3.86. The highest BCUT2D eigenvalue weighted by atomic mass is 32.2. The molecular formula is C25H24FN3O6S. The van der Waals surface area contributed by atoms with Crippen LogP contribution in [-0.4, -0.2) is 66.1 Å². The fourth-order valence-corrected chi connectivity index (χ4v) is 4.59. The molecule has 2 aromatic rings. The average molecular weight is 514 g/mol. The molecule has 2 saturated heterocycles. The van der Waals surface area contributed by atoms with Crippen molar-refractivity contribution < 1.29 is 33.0 Å². The average Bonchev–Trinajstić information content (AvgIpc) is 3.49. The van der Waals surface area contributed by atoms with Gasteiger partial charge in [0.05, 0.1) is 12.0 Å². The summed E-state index contributed by atoms with van der Waals surface area (Å²) in [6.45, 7) is 0.717. The Morgan fingerprint density at radius 2 is 1.81 bits per heavy atom. The first-order valence-corrected chi connectivity index (χ1v) is 12.0. The van der Waals surface area contributed by atoms with E-state index in [1.165, 1.54) is 31.4 Å². The summed E-state index contributed by atoms with van der Waals surface area (Å²) < 4.78 is 23.9. The lowest BCUT2D eigenvalue weighted by Crippen LogP contribution is -2.40. The summed E-state index contributed by atoms with van der Waals surface area (Å²) in [5.41, 5.74) is 1.01. The van der Waals surface area contributed by atoms with Gasteiger partial charge >= 0.3 is 0 Å². The van der Waals surface area contributed by atoms with Crippen LogP contribution in [0.2, 0.25) is 0 Å². The SMILES string of the molecule is COc1cc(/C=C2/SC(=O)N(CC(=O)N3CCCC3)C2=O)ccc1OCC(=O)Nc1ccc(F)cc1. The van der Waals surface area contributed by atoms with Crippen molar-refractivity contribution in [1.82, 2.24) is 9.80 Å². The van der Waals surface area contributed by atoms with Crippen LogP contribution in [0.1, 0.15) is 18.4 Å². The van der Waals surface area contributed by atoms with Gasteiger partial charge in [0.25, 0.3) is 17.1 Å². The lowest BCUT2D eigenvalue weighted by atomic mass is 10.2. The predicted octanol–water partition coefficient (Wildman–Crippen LogP) is 3.51. The first kappa shape index (κ1) is 25.2. The summed E-state index contributed by atoms with van der Waals surface area (Å²) >= 11 is 0.774. The molecule has 0 saturated carbocycles. The van der Waals surface area contributed by atoms with E-state index in [0.29, 0.717) is 35.8 Å². The van der Waals surface area contributed by atoms with E-state index in [9.17, 15) is 23.6 Å². The van der Waals surface area contributed by atoms with Gasteiger partial charge in [-0.2, -0.15) is 0 Å². The summed E-state index contributed by atoms with van der Waals surface area (Å²) in [6.07, 6.45) is 3.39. The molecule has 0 aromatic heterocycles. The van der Waals surface area contributed by atoms with Crippen LogP contribution < -0.4 is 14.8 Å². The number of hydrogen-bond donors (Lipinski definition) is 1. The number of ether oxygens (including phenoxy) is 2. The lowest BCUT2D eigenvalue weighted by Gasteiger charge is -2.18. The molecule has 0 atom stereocenters. The Morgan fingerprint density at radius 3 is 2.50 bits per heavy atom. The molecule has 188 valence electrons. The third-order valence-electron chi connectivity index (χ3n) is 5.60. The highest BCUT2D eigenvalue weighted by Crippen LogP contribution is 2.34. The number of nitrogens with zero attached hydrogens (tertiary/aromatic N) is 2. The highest BCUT2D eigenvalue weighted by molar-refractivity contribution is 8.18. The van der Waals surface area contributed by atoms with Crippen LogP contribution in [0.25, 0.3) is 6.08 Å². The number of rotatable bonds is 8. The number of methoxy groups -OCH3 is 1. The van der Waals surface area contributed by atoms with E-state index in [2.05, 4.69) is 5.32 Å². The summed E-state index contributed by atoms with van der Waals surface area (Å²) in [6, 6.07) is 10.2. The highest BCUT2D eigenvalue weighted by Gasteiger charge is 2.37. The Morgan fingerprint density at radius 1 is 1.08 bits per heavy atom. The molecule has 36 heavy (non-hydrogen) atoms. The van der Waals surface area contributed by atoms with Crippen LogP contribution in [0.3, 0.4) is 0 Å². The van der Waals surface area contributed by atoms with E-state index in [-0.39, 0.29) is 24.0 Å². The van der Waals surface area contributed by atoms with Crippen LogP contribution in [-0.2, 0) is 14.4 Å². The van der Waals surface area contributed by atoms with Crippen LogP contribution in [0, 0.1) is 5.82 Å². The molecule has 2 heterocycles. The number of imide groups is 1. The Balaban J connectivity index is 1.38.